The highest BCUT2D eigenvalue weighted by Gasteiger charge is 2.40. The molecule has 1 atom stereocenters. The minimum atomic E-state index is -2.14. The lowest BCUT2D eigenvalue weighted by molar-refractivity contribution is -0.145. The molecule has 6 nitrogen and oxygen atoms in total. The van der Waals surface area contributed by atoms with Gasteiger partial charge in [-0.1, -0.05) is 27.7 Å². The molecule has 0 spiro atoms. The van der Waals surface area contributed by atoms with Crippen LogP contribution < -0.4 is 9.47 Å². The number of carbonyl (C=O) groups excluding carboxylic acids is 2. The van der Waals surface area contributed by atoms with E-state index < -0.39 is 14.4 Å². The normalized spacial score (nSPS) is 12.9. The van der Waals surface area contributed by atoms with Crippen molar-refractivity contribution in [2.45, 2.75) is 78.6 Å². The summed E-state index contributed by atoms with van der Waals surface area (Å²) in [5.41, 5.74) is 1.20. The van der Waals surface area contributed by atoms with Crippen LogP contribution in [0.3, 0.4) is 0 Å². The van der Waals surface area contributed by atoms with Crippen molar-refractivity contribution in [2.24, 2.45) is 0 Å². The molecule has 0 fully saturated rings. The highest BCUT2D eigenvalue weighted by atomic mass is 28.4. The largest absolute Gasteiger partial charge is 0.493 e. The van der Waals surface area contributed by atoms with E-state index in [1.165, 1.54) is 0 Å². The molecule has 0 saturated heterocycles. The average Bonchev–Trinajstić information content (AvgIpc) is 2.64. The molecule has 7 heteroatoms. The van der Waals surface area contributed by atoms with Crippen LogP contribution in [0.25, 0.3) is 0 Å². The molecule has 0 unspecified atom stereocenters. The quantitative estimate of drug-likeness (QED) is 0.250. The van der Waals surface area contributed by atoms with Crippen LogP contribution in [0.15, 0.2) is 12.1 Å². The monoisotopic (exact) mass is 438 g/mol. The Hall–Kier alpha value is -1.86. The molecular formula is C23H38O6Si. The summed E-state index contributed by atoms with van der Waals surface area (Å²) < 4.78 is 23.4. The molecule has 0 heterocycles. The van der Waals surface area contributed by atoms with Crippen molar-refractivity contribution < 1.29 is 28.2 Å². The smallest absolute Gasteiger partial charge is 0.308 e. The first kappa shape index (κ1) is 26.2. The van der Waals surface area contributed by atoms with E-state index in [9.17, 15) is 9.59 Å². The van der Waals surface area contributed by atoms with E-state index in [0.29, 0.717) is 30.3 Å². The molecule has 0 aliphatic carbocycles. The second-order valence-electron chi connectivity index (χ2n) is 8.89. The highest BCUT2D eigenvalue weighted by Crippen LogP contribution is 2.38. The van der Waals surface area contributed by atoms with E-state index >= 15 is 0 Å². The standard InChI is InChI=1S/C23H38O6Si/c1-9-13-27-20-12-11-18(15-24)22(17(20)3)28-16-19(14-21(25)26-10-2)29-30(7,8)23(4,5)6/h11-12,15,19H,9-10,13-14,16H2,1-8H3/t19-/m0/s1. The lowest BCUT2D eigenvalue weighted by Gasteiger charge is -2.39. The Labute approximate surface area is 182 Å². The van der Waals surface area contributed by atoms with Gasteiger partial charge in [0, 0.05) is 5.56 Å². The summed E-state index contributed by atoms with van der Waals surface area (Å²) in [4.78, 5) is 23.7. The van der Waals surface area contributed by atoms with Crippen LogP contribution in [0.5, 0.6) is 11.5 Å². The fraction of sp³-hybridized carbons (Fsp3) is 0.652. The highest BCUT2D eigenvalue weighted by molar-refractivity contribution is 6.74. The van der Waals surface area contributed by atoms with Crippen LogP contribution in [0.4, 0.5) is 0 Å². The lowest BCUT2D eigenvalue weighted by atomic mass is 10.1. The van der Waals surface area contributed by atoms with Crippen LogP contribution in [0.1, 0.15) is 63.4 Å². The van der Waals surface area contributed by atoms with E-state index in [1.54, 1.807) is 19.1 Å². The fourth-order valence-electron chi connectivity index (χ4n) is 2.66. The minimum absolute atomic E-state index is 0.0162. The van der Waals surface area contributed by atoms with Gasteiger partial charge in [-0.05, 0) is 50.5 Å². The van der Waals surface area contributed by atoms with Gasteiger partial charge in [-0.2, -0.15) is 0 Å². The number of hydrogen-bond donors (Lipinski definition) is 0. The van der Waals surface area contributed by atoms with Gasteiger partial charge in [0.2, 0.25) is 0 Å². The van der Waals surface area contributed by atoms with Gasteiger partial charge >= 0.3 is 5.97 Å². The Balaban J connectivity index is 3.09. The Bertz CT molecular complexity index is 708. The number of aldehydes is 1. The van der Waals surface area contributed by atoms with Gasteiger partial charge in [0.05, 0.1) is 31.3 Å². The molecule has 1 aromatic rings. The third-order valence-electron chi connectivity index (χ3n) is 5.36. The van der Waals surface area contributed by atoms with Crippen LogP contribution in [0.2, 0.25) is 18.1 Å². The second-order valence-corrected chi connectivity index (χ2v) is 13.7. The van der Waals surface area contributed by atoms with Crippen molar-refractivity contribution in [3.63, 3.8) is 0 Å². The summed E-state index contributed by atoms with van der Waals surface area (Å²) in [7, 11) is -2.14. The molecule has 1 aromatic carbocycles. The van der Waals surface area contributed by atoms with E-state index in [4.69, 9.17) is 18.6 Å². The molecule has 0 radical (unpaired) electrons. The van der Waals surface area contributed by atoms with Crippen molar-refractivity contribution in [1.82, 2.24) is 0 Å². The van der Waals surface area contributed by atoms with Gasteiger partial charge < -0.3 is 18.6 Å². The Morgan fingerprint density at radius 1 is 1.17 bits per heavy atom. The van der Waals surface area contributed by atoms with Gasteiger partial charge in [0.25, 0.3) is 0 Å². The zero-order valence-electron chi connectivity index (χ0n) is 19.8. The number of carbonyl (C=O) groups is 2. The van der Waals surface area contributed by atoms with Gasteiger partial charge in [-0.3, -0.25) is 9.59 Å². The summed E-state index contributed by atoms with van der Waals surface area (Å²) in [6.07, 6.45) is 1.28. The molecule has 0 aliphatic rings. The first-order valence-corrected chi connectivity index (χ1v) is 13.5. The predicted octanol–water partition coefficient (Wildman–Crippen LogP) is 5.32. The first-order valence-electron chi connectivity index (χ1n) is 10.6. The Kier molecular flexibility index (Phi) is 10.0. The predicted molar refractivity (Wildman–Crippen MR) is 121 cm³/mol. The van der Waals surface area contributed by atoms with Crippen molar-refractivity contribution in [3.8, 4) is 11.5 Å². The number of esters is 1. The van der Waals surface area contributed by atoms with Gasteiger partial charge in [0.15, 0.2) is 14.6 Å². The van der Waals surface area contributed by atoms with Crippen LogP contribution in [-0.2, 0) is 14.0 Å². The fourth-order valence-corrected chi connectivity index (χ4v) is 4.00. The van der Waals surface area contributed by atoms with Gasteiger partial charge in [0.1, 0.15) is 18.1 Å². The molecule has 0 amide bonds. The molecule has 0 saturated carbocycles. The second kappa shape index (κ2) is 11.5. The molecule has 0 bridgehead atoms. The summed E-state index contributed by atoms with van der Waals surface area (Å²) in [6.45, 7) is 17.4. The summed E-state index contributed by atoms with van der Waals surface area (Å²) in [6, 6.07) is 3.47. The van der Waals surface area contributed by atoms with Crippen LogP contribution in [0, 0.1) is 6.92 Å². The summed E-state index contributed by atoms with van der Waals surface area (Å²) >= 11 is 0. The molecule has 30 heavy (non-hydrogen) atoms. The first-order chi connectivity index (χ1) is 14.0. The Morgan fingerprint density at radius 3 is 2.37 bits per heavy atom. The summed E-state index contributed by atoms with van der Waals surface area (Å²) in [5, 5.41) is -0.0162. The van der Waals surface area contributed by atoms with E-state index in [0.717, 1.165) is 18.3 Å². The average molecular weight is 439 g/mol. The molecule has 0 aromatic heterocycles. The molecular weight excluding hydrogens is 400 g/mol. The molecule has 0 aliphatic heterocycles. The molecule has 170 valence electrons. The zero-order chi connectivity index (χ0) is 22.9. The maximum absolute atomic E-state index is 12.1. The minimum Gasteiger partial charge on any atom is -0.493 e. The molecule has 0 N–H and O–H groups in total. The van der Waals surface area contributed by atoms with Crippen LogP contribution >= 0.6 is 0 Å². The summed E-state index contributed by atoms with van der Waals surface area (Å²) in [5.74, 6) is 0.827. The third kappa shape index (κ3) is 7.43. The SMILES string of the molecule is CCCOc1ccc(C=O)c(OC[C@H](CC(=O)OCC)O[Si](C)(C)C(C)(C)C)c1C. The maximum atomic E-state index is 12.1. The van der Waals surface area contributed by atoms with Crippen molar-refractivity contribution in [1.29, 1.82) is 0 Å². The van der Waals surface area contributed by atoms with Crippen molar-refractivity contribution >= 4 is 20.6 Å². The molecule has 1 rings (SSSR count). The van der Waals surface area contributed by atoms with E-state index in [-0.39, 0.29) is 24.0 Å². The van der Waals surface area contributed by atoms with E-state index in [1.807, 2.05) is 13.8 Å². The topological polar surface area (TPSA) is 71.1 Å². The maximum Gasteiger partial charge on any atom is 0.308 e. The van der Waals surface area contributed by atoms with Crippen LogP contribution in [-0.4, -0.2) is 46.5 Å². The van der Waals surface area contributed by atoms with Crippen molar-refractivity contribution in [3.05, 3.63) is 23.3 Å². The van der Waals surface area contributed by atoms with Gasteiger partial charge in [-0.25, -0.2) is 0 Å². The van der Waals surface area contributed by atoms with Gasteiger partial charge in [-0.15, -0.1) is 0 Å². The Morgan fingerprint density at radius 2 is 1.83 bits per heavy atom. The number of rotatable bonds is 12. The third-order valence-corrected chi connectivity index (χ3v) is 9.89. The van der Waals surface area contributed by atoms with E-state index in [2.05, 4.69) is 33.9 Å². The number of hydrogen-bond acceptors (Lipinski definition) is 6. The van der Waals surface area contributed by atoms with Crippen molar-refractivity contribution in [2.75, 3.05) is 19.8 Å². The number of ether oxygens (including phenoxy) is 3. The number of benzene rings is 1. The zero-order valence-corrected chi connectivity index (χ0v) is 20.8. The lowest BCUT2D eigenvalue weighted by Crippen LogP contribution is -2.46.